The third-order valence-corrected chi connectivity index (χ3v) is 3.09. The second-order valence-electron chi connectivity index (χ2n) is 5.04. The summed E-state index contributed by atoms with van der Waals surface area (Å²) in [6.07, 6.45) is 6.69. The minimum absolute atomic E-state index is 0. The first-order valence-corrected chi connectivity index (χ1v) is 6.87. The molecular weight excluding hydrogens is 266 g/mol. The van der Waals surface area contributed by atoms with Gasteiger partial charge in [0, 0.05) is 19.5 Å². The van der Waals surface area contributed by atoms with E-state index in [0.29, 0.717) is 12.5 Å². The van der Waals surface area contributed by atoms with E-state index in [1.807, 2.05) is 0 Å². The second-order valence-corrected chi connectivity index (χ2v) is 5.04. The molecule has 1 fully saturated rings. The lowest BCUT2D eigenvalue weighted by Gasteiger charge is -2.16. The molecule has 0 unspecified atom stereocenters. The first-order valence-electron chi connectivity index (χ1n) is 6.87. The molecule has 1 aliphatic rings. The molecule has 5 nitrogen and oxygen atoms in total. The first-order chi connectivity index (χ1) is 8.63. The molecule has 0 aromatic carbocycles. The lowest BCUT2D eigenvalue weighted by atomic mass is 10.1. The number of nitrogens with zero attached hydrogens (tertiary/aromatic N) is 1. The molecule has 0 saturated heterocycles. The molecule has 0 radical (unpaired) electrons. The minimum atomic E-state index is -0.0449. The second kappa shape index (κ2) is 10.0. The van der Waals surface area contributed by atoms with Crippen LogP contribution in [-0.4, -0.2) is 42.9 Å². The average Bonchev–Trinajstić information content (AvgIpc) is 3.12. The van der Waals surface area contributed by atoms with Gasteiger partial charge in [-0.25, -0.2) is 0 Å². The summed E-state index contributed by atoms with van der Waals surface area (Å²) in [6.45, 7) is 0.896. The predicted octanol–water partition coefficient (Wildman–Crippen LogP) is 1.05. The number of nitrogens with two attached hydrogens (primary N) is 1. The number of hydrogen-bond acceptors (Lipinski definition) is 3. The van der Waals surface area contributed by atoms with E-state index < -0.39 is 0 Å². The summed E-state index contributed by atoms with van der Waals surface area (Å²) in [7, 11) is 1.69. The molecular formula is C13H26ClN3O2. The van der Waals surface area contributed by atoms with Gasteiger partial charge in [-0.05, 0) is 32.2 Å². The van der Waals surface area contributed by atoms with Gasteiger partial charge in [0.25, 0.3) is 0 Å². The molecule has 1 saturated carbocycles. The van der Waals surface area contributed by atoms with Crippen LogP contribution in [0.3, 0.4) is 0 Å². The van der Waals surface area contributed by atoms with Crippen molar-refractivity contribution in [2.45, 2.75) is 51.0 Å². The number of carbonyl (C=O) groups excluding carboxylic acids is 2. The number of carbonyl (C=O) groups is 2. The highest BCUT2D eigenvalue weighted by atomic mass is 35.5. The van der Waals surface area contributed by atoms with Crippen molar-refractivity contribution in [3.8, 4) is 0 Å². The van der Waals surface area contributed by atoms with Gasteiger partial charge in [0.05, 0.1) is 6.54 Å². The molecule has 1 aliphatic carbocycles. The zero-order valence-corrected chi connectivity index (χ0v) is 12.5. The lowest BCUT2D eigenvalue weighted by Crippen LogP contribution is -2.39. The maximum atomic E-state index is 11.7. The molecule has 112 valence electrons. The SMILES string of the molecule is CN(CC(=O)NC1CC1)C(=O)CCCCCCN.Cl. The lowest BCUT2D eigenvalue weighted by molar-refractivity contribution is -0.134. The van der Waals surface area contributed by atoms with Crippen LogP contribution in [-0.2, 0) is 9.59 Å². The summed E-state index contributed by atoms with van der Waals surface area (Å²) in [5.41, 5.74) is 5.40. The van der Waals surface area contributed by atoms with Gasteiger partial charge in [-0.15, -0.1) is 12.4 Å². The minimum Gasteiger partial charge on any atom is -0.352 e. The van der Waals surface area contributed by atoms with E-state index >= 15 is 0 Å². The van der Waals surface area contributed by atoms with E-state index in [1.165, 1.54) is 4.90 Å². The summed E-state index contributed by atoms with van der Waals surface area (Å²) in [5, 5.41) is 2.88. The number of likely N-dealkylation sites (N-methyl/N-ethyl adjacent to an activating group) is 1. The van der Waals surface area contributed by atoms with Crippen LogP contribution in [0.1, 0.15) is 44.9 Å². The smallest absolute Gasteiger partial charge is 0.239 e. The Morgan fingerprint density at radius 1 is 1.21 bits per heavy atom. The summed E-state index contributed by atoms with van der Waals surface area (Å²) in [5.74, 6) is 0.00479. The van der Waals surface area contributed by atoms with E-state index in [1.54, 1.807) is 7.05 Å². The Bertz CT molecular complexity index is 283. The van der Waals surface area contributed by atoms with Crippen molar-refractivity contribution in [1.82, 2.24) is 10.2 Å². The molecule has 0 heterocycles. The Morgan fingerprint density at radius 2 is 1.84 bits per heavy atom. The van der Waals surface area contributed by atoms with E-state index in [0.717, 1.165) is 45.1 Å². The number of unbranched alkanes of at least 4 members (excludes halogenated alkanes) is 3. The Kier molecular flexibility index (Phi) is 9.61. The number of amides is 2. The van der Waals surface area contributed by atoms with Crippen molar-refractivity contribution < 1.29 is 9.59 Å². The zero-order chi connectivity index (χ0) is 13.4. The van der Waals surface area contributed by atoms with Crippen LogP contribution in [0.5, 0.6) is 0 Å². The highest BCUT2D eigenvalue weighted by molar-refractivity contribution is 5.85. The topological polar surface area (TPSA) is 75.4 Å². The molecule has 0 aromatic rings. The van der Waals surface area contributed by atoms with Crippen LogP contribution in [0.15, 0.2) is 0 Å². The van der Waals surface area contributed by atoms with E-state index in [-0.39, 0.29) is 30.8 Å². The van der Waals surface area contributed by atoms with Crippen molar-refractivity contribution in [2.24, 2.45) is 5.73 Å². The Labute approximate surface area is 121 Å². The standard InChI is InChI=1S/C13H25N3O2.ClH/c1-16(10-12(17)15-11-7-8-11)13(18)6-4-2-3-5-9-14;/h11H,2-10,14H2,1H3,(H,15,17);1H. The van der Waals surface area contributed by atoms with Crippen LogP contribution in [0.2, 0.25) is 0 Å². The van der Waals surface area contributed by atoms with E-state index in [2.05, 4.69) is 5.32 Å². The molecule has 6 heteroatoms. The number of hydrogen-bond donors (Lipinski definition) is 2. The average molecular weight is 292 g/mol. The molecule has 2 amide bonds. The largest absolute Gasteiger partial charge is 0.352 e. The van der Waals surface area contributed by atoms with Gasteiger partial charge < -0.3 is 16.0 Å². The third-order valence-electron chi connectivity index (χ3n) is 3.09. The Balaban J connectivity index is 0.00000324. The molecule has 1 rings (SSSR count). The molecule has 3 N–H and O–H groups in total. The van der Waals surface area contributed by atoms with Crippen molar-refractivity contribution in [3.63, 3.8) is 0 Å². The van der Waals surface area contributed by atoms with E-state index in [9.17, 15) is 9.59 Å². The summed E-state index contributed by atoms with van der Waals surface area (Å²) < 4.78 is 0. The van der Waals surface area contributed by atoms with Crippen molar-refractivity contribution in [3.05, 3.63) is 0 Å². The fraction of sp³-hybridized carbons (Fsp3) is 0.846. The van der Waals surface area contributed by atoms with Crippen molar-refractivity contribution in [1.29, 1.82) is 0 Å². The third kappa shape index (κ3) is 8.83. The normalized spacial score (nSPS) is 13.6. The first kappa shape index (κ1) is 18.2. The Hall–Kier alpha value is -0.810. The zero-order valence-electron chi connectivity index (χ0n) is 11.7. The van der Waals surface area contributed by atoms with Crippen molar-refractivity contribution >= 4 is 24.2 Å². The van der Waals surface area contributed by atoms with Crippen LogP contribution in [0.4, 0.5) is 0 Å². The van der Waals surface area contributed by atoms with Crippen molar-refractivity contribution in [2.75, 3.05) is 20.1 Å². The maximum absolute atomic E-state index is 11.7. The molecule has 0 bridgehead atoms. The Morgan fingerprint density at radius 3 is 2.42 bits per heavy atom. The molecule has 0 aliphatic heterocycles. The number of nitrogens with one attached hydrogen (secondary N) is 1. The molecule has 19 heavy (non-hydrogen) atoms. The quantitative estimate of drug-likeness (QED) is 0.624. The number of rotatable bonds is 9. The van der Waals surface area contributed by atoms with Gasteiger partial charge in [0.15, 0.2) is 0 Å². The van der Waals surface area contributed by atoms with Gasteiger partial charge >= 0.3 is 0 Å². The molecule has 0 aromatic heterocycles. The van der Waals surface area contributed by atoms with Crippen LogP contribution >= 0.6 is 12.4 Å². The van der Waals surface area contributed by atoms with Crippen LogP contribution in [0, 0.1) is 0 Å². The van der Waals surface area contributed by atoms with Gasteiger partial charge in [0.1, 0.15) is 0 Å². The van der Waals surface area contributed by atoms with Gasteiger partial charge in [0.2, 0.25) is 11.8 Å². The summed E-state index contributed by atoms with van der Waals surface area (Å²) in [6, 6.07) is 0.359. The summed E-state index contributed by atoms with van der Waals surface area (Å²) >= 11 is 0. The molecule has 0 atom stereocenters. The van der Waals surface area contributed by atoms with Gasteiger partial charge in [-0.1, -0.05) is 12.8 Å². The monoisotopic (exact) mass is 291 g/mol. The highest BCUT2D eigenvalue weighted by Gasteiger charge is 2.24. The fourth-order valence-corrected chi connectivity index (χ4v) is 1.77. The van der Waals surface area contributed by atoms with Gasteiger partial charge in [-0.2, -0.15) is 0 Å². The van der Waals surface area contributed by atoms with E-state index in [4.69, 9.17) is 5.73 Å². The summed E-state index contributed by atoms with van der Waals surface area (Å²) in [4.78, 5) is 24.8. The number of halogens is 1. The maximum Gasteiger partial charge on any atom is 0.239 e. The predicted molar refractivity (Wildman–Crippen MR) is 78.2 cm³/mol. The fourth-order valence-electron chi connectivity index (χ4n) is 1.77. The molecule has 0 spiro atoms. The van der Waals surface area contributed by atoms with Gasteiger partial charge in [-0.3, -0.25) is 9.59 Å². The highest BCUT2D eigenvalue weighted by Crippen LogP contribution is 2.18. The van der Waals surface area contributed by atoms with Crippen LogP contribution < -0.4 is 11.1 Å². The van der Waals surface area contributed by atoms with Crippen LogP contribution in [0.25, 0.3) is 0 Å².